The summed E-state index contributed by atoms with van der Waals surface area (Å²) in [6.07, 6.45) is -4.11. The molecule has 124 valence electrons. The largest absolute Gasteiger partial charge is 0.416 e. The van der Waals surface area contributed by atoms with Crippen LogP contribution >= 0.6 is 24.2 Å². The van der Waals surface area contributed by atoms with Crippen LogP contribution in [0.2, 0.25) is 0 Å². The predicted molar refractivity (Wildman–Crippen MR) is 84.3 cm³/mol. The Hall–Kier alpha value is -0.920. The fourth-order valence-electron chi connectivity index (χ4n) is 2.19. The molecule has 0 saturated carbocycles. The third-order valence-electron chi connectivity index (χ3n) is 3.23. The van der Waals surface area contributed by atoms with Crippen molar-refractivity contribution in [1.29, 1.82) is 0 Å². The Balaban J connectivity index is 0.00000242. The van der Waals surface area contributed by atoms with Gasteiger partial charge in [0.05, 0.1) is 5.56 Å². The second-order valence-corrected chi connectivity index (χ2v) is 6.01. The molecule has 2 N–H and O–H groups in total. The van der Waals surface area contributed by atoms with Crippen molar-refractivity contribution in [3.05, 3.63) is 35.4 Å². The van der Waals surface area contributed by atoms with Gasteiger partial charge in [0, 0.05) is 37.1 Å². The van der Waals surface area contributed by atoms with E-state index in [9.17, 15) is 18.0 Å². The van der Waals surface area contributed by atoms with Crippen LogP contribution in [0.4, 0.5) is 13.2 Å². The maximum atomic E-state index is 12.8. The van der Waals surface area contributed by atoms with Crippen molar-refractivity contribution in [2.75, 3.05) is 18.1 Å². The minimum Gasteiger partial charge on any atom is -0.352 e. The van der Waals surface area contributed by atoms with Gasteiger partial charge >= 0.3 is 6.18 Å². The van der Waals surface area contributed by atoms with E-state index >= 15 is 0 Å². The number of hydrogen-bond donors (Lipinski definition) is 2. The quantitative estimate of drug-likeness (QED) is 0.873. The fourth-order valence-corrected chi connectivity index (χ4v) is 3.14. The van der Waals surface area contributed by atoms with E-state index in [0.29, 0.717) is 6.42 Å². The smallest absolute Gasteiger partial charge is 0.352 e. The lowest BCUT2D eigenvalue weighted by Crippen LogP contribution is -2.41. The summed E-state index contributed by atoms with van der Waals surface area (Å²) < 4.78 is 38.5. The Labute approximate surface area is 137 Å². The highest BCUT2D eigenvalue weighted by Crippen LogP contribution is 2.31. The number of thioether (sulfide) groups is 1. The van der Waals surface area contributed by atoms with Gasteiger partial charge < -0.3 is 10.6 Å². The number of rotatable bonds is 4. The molecule has 1 aromatic carbocycles. The van der Waals surface area contributed by atoms with Crippen molar-refractivity contribution in [2.45, 2.75) is 25.2 Å². The van der Waals surface area contributed by atoms with Gasteiger partial charge in [-0.1, -0.05) is 18.2 Å². The monoisotopic (exact) mass is 354 g/mol. The van der Waals surface area contributed by atoms with Crippen LogP contribution < -0.4 is 10.6 Å². The van der Waals surface area contributed by atoms with Crippen molar-refractivity contribution in [2.24, 2.45) is 0 Å². The normalized spacial score (nSPS) is 18.4. The molecule has 0 radical (unpaired) electrons. The zero-order valence-corrected chi connectivity index (χ0v) is 13.4. The van der Waals surface area contributed by atoms with Crippen molar-refractivity contribution in [3.8, 4) is 0 Å². The van der Waals surface area contributed by atoms with E-state index in [4.69, 9.17) is 0 Å². The highest BCUT2D eigenvalue weighted by atomic mass is 35.5. The van der Waals surface area contributed by atoms with Crippen LogP contribution in [0, 0.1) is 0 Å². The molecule has 1 aliphatic rings. The summed E-state index contributed by atoms with van der Waals surface area (Å²) in [5, 5.41) is 5.79. The molecule has 1 aromatic rings. The molecular formula is C14H18ClF3N2OS. The second-order valence-electron chi connectivity index (χ2n) is 4.86. The molecule has 22 heavy (non-hydrogen) atoms. The molecular weight excluding hydrogens is 337 g/mol. The highest BCUT2D eigenvalue weighted by molar-refractivity contribution is 7.99. The molecule has 1 heterocycles. The molecule has 1 fully saturated rings. The number of carbonyl (C=O) groups excluding carboxylic acids is 1. The molecule has 0 spiro atoms. The molecule has 1 atom stereocenters. The number of alkyl halides is 3. The van der Waals surface area contributed by atoms with Gasteiger partial charge in [-0.15, -0.1) is 12.4 Å². The van der Waals surface area contributed by atoms with Crippen LogP contribution in [0.5, 0.6) is 0 Å². The Bertz CT molecular complexity index is 493. The number of nitrogens with one attached hydrogen (secondary N) is 2. The summed E-state index contributed by atoms with van der Waals surface area (Å²) >= 11 is 1.77. The lowest BCUT2D eigenvalue weighted by molar-refractivity contribution is -0.138. The average Bonchev–Trinajstić information content (AvgIpc) is 2.45. The summed E-state index contributed by atoms with van der Waals surface area (Å²) in [6.45, 7) is 0.758. The highest BCUT2D eigenvalue weighted by Gasteiger charge is 2.32. The van der Waals surface area contributed by atoms with E-state index < -0.39 is 11.7 Å². The molecule has 0 bridgehead atoms. The van der Waals surface area contributed by atoms with E-state index in [-0.39, 0.29) is 36.5 Å². The molecule has 1 saturated heterocycles. The second kappa shape index (κ2) is 8.64. The first-order valence-electron chi connectivity index (χ1n) is 6.70. The van der Waals surface area contributed by atoms with Crippen LogP contribution in [-0.4, -0.2) is 30.0 Å². The Morgan fingerprint density at radius 2 is 2.09 bits per heavy atom. The molecule has 1 unspecified atom stereocenters. The van der Waals surface area contributed by atoms with Gasteiger partial charge in [-0.3, -0.25) is 4.79 Å². The first kappa shape index (κ1) is 19.1. The number of halogens is 4. The SMILES string of the molecule is Cl.O=C(CC1CSCCN1)NCc1ccccc1C(F)(F)F. The standard InChI is InChI=1S/C14H17F3N2OS.ClH/c15-14(16,17)12-4-2-1-3-10(12)8-19-13(20)7-11-9-21-6-5-18-11;/h1-4,11,18H,5-9H2,(H,19,20);1H. The molecule has 8 heteroatoms. The predicted octanol–water partition coefficient (Wildman–Crippen LogP) is 2.84. The topological polar surface area (TPSA) is 41.1 Å². The molecule has 2 rings (SSSR count). The van der Waals surface area contributed by atoms with Gasteiger partial charge in [0.15, 0.2) is 0 Å². The lowest BCUT2D eigenvalue weighted by atomic mass is 10.1. The van der Waals surface area contributed by atoms with Gasteiger partial charge in [-0.05, 0) is 11.6 Å². The zero-order valence-electron chi connectivity index (χ0n) is 11.8. The summed E-state index contributed by atoms with van der Waals surface area (Å²) in [5.41, 5.74) is -0.610. The minimum absolute atomic E-state index is 0. The molecule has 3 nitrogen and oxygen atoms in total. The summed E-state index contributed by atoms with van der Waals surface area (Å²) in [5.74, 6) is 1.65. The number of hydrogen-bond acceptors (Lipinski definition) is 3. The lowest BCUT2D eigenvalue weighted by Gasteiger charge is -2.22. The average molecular weight is 355 g/mol. The van der Waals surface area contributed by atoms with Crippen LogP contribution in [-0.2, 0) is 17.5 Å². The van der Waals surface area contributed by atoms with Gasteiger partial charge in [0.1, 0.15) is 0 Å². The first-order valence-corrected chi connectivity index (χ1v) is 7.85. The van der Waals surface area contributed by atoms with Crippen LogP contribution in [0.15, 0.2) is 24.3 Å². The molecule has 0 aromatic heterocycles. The molecule has 1 aliphatic heterocycles. The Kier molecular flexibility index (Phi) is 7.52. The molecule has 1 amide bonds. The van der Waals surface area contributed by atoms with Gasteiger partial charge in [0.25, 0.3) is 0 Å². The van der Waals surface area contributed by atoms with Crippen LogP contribution in [0.25, 0.3) is 0 Å². The summed E-state index contributed by atoms with van der Waals surface area (Å²) in [7, 11) is 0. The molecule has 0 aliphatic carbocycles. The van der Waals surface area contributed by atoms with E-state index in [2.05, 4.69) is 10.6 Å². The summed E-state index contributed by atoms with van der Waals surface area (Å²) in [4.78, 5) is 11.8. The third-order valence-corrected chi connectivity index (χ3v) is 4.36. The van der Waals surface area contributed by atoms with Crippen molar-refractivity contribution in [1.82, 2.24) is 10.6 Å². The number of carbonyl (C=O) groups is 1. The van der Waals surface area contributed by atoms with Gasteiger partial charge in [0.2, 0.25) is 5.91 Å². The maximum Gasteiger partial charge on any atom is 0.416 e. The summed E-state index contributed by atoms with van der Waals surface area (Å²) in [6, 6.07) is 5.40. The number of amides is 1. The third kappa shape index (κ3) is 5.70. The van der Waals surface area contributed by atoms with Crippen LogP contribution in [0.1, 0.15) is 17.5 Å². The van der Waals surface area contributed by atoms with Gasteiger partial charge in [-0.25, -0.2) is 0 Å². The van der Waals surface area contributed by atoms with E-state index in [1.165, 1.54) is 18.2 Å². The van der Waals surface area contributed by atoms with Crippen molar-refractivity contribution >= 4 is 30.1 Å². The Morgan fingerprint density at radius 1 is 1.36 bits per heavy atom. The van der Waals surface area contributed by atoms with Crippen LogP contribution in [0.3, 0.4) is 0 Å². The van der Waals surface area contributed by atoms with Crippen molar-refractivity contribution < 1.29 is 18.0 Å². The van der Waals surface area contributed by atoms with Gasteiger partial charge in [-0.2, -0.15) is 24.9 Å². The minimum atomic E-state index is -4.40. The Morgan fingerprint density at radius 3 is 2.73 bits per heavy atom. The van der Waals surface area contributed by atoms with E-state index in [1.807, 2.05) is 0 Å². The number of benzene rings is 1. The zero-order chi connectivity index (χ0) is 15.3. The van der Waals surface area contributed by atoms with E-state index in [0.717, 1.165) is 24.1 Å². The first-order chi connectivity index (χ1) is 9.97. The van der Waals surface area contributed by atoms with E-state index in [1.54, 1.807) is 11.8 Å². The maximum absolute atomic E-state index is 12.8. The van der Waals surface area contributed by atoms with Crippen molar-refractivity contribution in [3.63, 3.8) is 0 Å². The fraction of sp³-hybridized carbons (Fsp3) is 0.500.